The number of benzene rings is 1. The van der Waals surface area contributed by atoms with Gasteiger partial charge in [0, 0.05) is 30.9 Å². The van der Waals surface area contributed by atoms with Gasteiger partial charge in [-0.2, -0.15) is 0 Å². The third-order valence-corrected chi connectivity index (χ3v) is 7.47. The zero-order valence-electron chi connectivity index (χ0n) is 22.7. The van der Waals surface area contributed by atoms with Gasteiger partial charge in [-0.25, -0.2) is 9.18 Å². The van der Waals surface area contributed by atoms with Crippen LogP contribution in [0.1, 0.15) is 85.5 Å². The largest absolute Gasteiger partial charge is 0.327 e. The summed E-state index contributed by atoms with van der Waals surface area (Å²) in [5.74, 6) is -0.333. The summed E-state index contributed by atoms with van der Waals surface area (Å²) in [4.78, 5) is 22.1. The summed E-state index contributed by atoms with van der Waals surface area (Å²) in [6.07, 6.45) is 15.9. The van der Waals surface area contributed by atoms with Crippen LogP contribution in [0.3, 0.4) is 0 Å². The van der Waals surface area contributed by atoms with Crippen molar-refractivity contribution in [2.24, 2.45) is 4.99 Å². The monoisotopic (exact) mass is 496 g/mol. The lowest BCUT2D eigenvalue weighted by Gasteiger charge is -2.42. The van der Waals surface area contributed by atoms with E-state index in [0.29, 0.717) is 17.8 Å². The summed E-state index contributed by atoms with van der Waals surface area (Å²) in [5, 5.41) is 2.88. The average Bonchev–Trinajstić information content (AvgIpc) is 2.84. The molecule has 5 nitrogen and oxygen atoms in total. The normalized spacial score (nSPS) is 22.0. The van der Waals surface area contributed by atoms with Crippen LogP contribution in [0.25, 0.3) is 0 Å². The molecule has 2 aliphatic rings. The van der Waals surface area contributed by atoms with Gasteiger partial charge >= 0.3 is 6.03 Å². The van der Waals surface area contributed by atoms with Gasteiger partial charge in [0.15, 0.2) is 0 Å². The molecule has 1 saturated carbocycles. The molecule has 2 fully saturated rings. The fourth-order valence-corrected chi connectivity index (χ4v) is 5.28. The lowest BCUT2D eigenvalue weighted by Crippen LogP contribution is -2.53. The lowest BCUT2D eigenvalue weighted by molar-refractivity contribution is 0.160. The second-order valence-corrected chi connectivity index (χ2v) is 10.8. The van der Waals surface area contributed by atoms with E-state index in [1.165, 1.54) is 42.5 Å². The molecule has 1 heterocycles. The number of hydrogen-bond donors (Lipinski definition) is 1. The van der Waals surface area contributed by atoms with Crippen LogP contribution in [-0.2, 0) is 0 Å². The molecule has 1 aromatic rings. The van der Waals surface area contributed by atoms with Gasteiger partial charge in [0.1, 0.15) is 5.82 Å². The van der Waals surface area contributed by atoms with Gasteiger partial charge in [0.25, 0.3) is 0 Å². The zero-order chi connectivity index (χ0) is 25.9. The molecular formula is C30H45FN4O. The predicted molar refractivity (Wildman–Crippen MR) is 149 cm³/mol. The number of anilines is 1. The quantitative estimate of drug-likeness (QED) is 0.222. The highest BCUT2D eigenvalue weighted by atomic mass is 19.1. The molecule has 1 aromatic carbocycles. The van der Waals surface area contributed by atoms with Crippen molar-refractivity contribution < 1.29 is 9.18 Å². The highest BCUT2D eigenvalue weighted by Crippen LogP contribution is 2.28. The SMILES string of the molecule is CC(C)=CCC/C(C)=C/CN1CC[C@@H](N(C(=O)NC=NC2CCCCC2)c2cccc(F)c2)C[C@@H]1C. The van der Waals surface area contributed by atoms with E-state index in [2.05, 4.69) is 55.1 Å². The molecule has 0 spiro atoms. The van der Waals surface area contributed by atoms with Crippen molar-refractivity contribution in [2.75, 3.05) is 18.0 Å². The van der Waals surface area contributed by atoms with E-state index in [0.717, 1.165) is 51.6 Å². The van der Waals surface area contributed by atoms with Crippen LogP contribution in [-0.4, -0.2) is 48.5 Å². The molecule has 1 aliphatic heterocycles. The Hall–Kier alpha value is -2.47. The number of amides is 2. The first-order valence-corrected chi connectivity index (χ1v) is 13.7. The van der Waals surface area contributed by atoms with Crippen LogP contribution in [0.5, 0.6) is 0 Å². The van der Waals surface area contributed by atoms with E-state index in [9.17, 15) is 9.18 Å². The van der Waals surface area contributed by atoms with E-state index in [4.69, 9.17) is 0 Å². The van der Waals surface area contributed by atoms with E-state index >= 15 is 0 Å². The van der Waals surface area contributed by atoms with Crippen molar-refractivity contribution >= 4 is 18.1 Å². The fourth-order valence-electron chi connectivity index (χ4n) is 5.28. The molecule has 198 valence electrons. The van der Waals surface area contributed by atoms with Crippen LogP contribution in [0.4, 0.5) is 14.9 Å². The van der Waals surface area contributed by atoms with Gasteiger partial charge in [-0.1, -0.05) is 48.6 Å². The molecule has 3 rings (SSSR count). The molecule has 2 atom stereocenters. The van der Waals surface area contributed by atoms with Gasteiger partial charge in [-0.15, -0.1) is 0 Å². The Bertz CT molecular complexity index is 931. The molecule has 6 heteroatoms. The first kappa shape index (κ1) is 28.1. The summed E-state index contributed by atoms with van der Waals surface area (Å²) in [7, 11) is 0. The van der Waals surface area contributed by atoms with Crippen LogP contribution >= 0.6 is 0 Å². The van der Waals surface area contributed by atoms with Crippen molar-refractivity contribution in [3.63, 3.8) is 0 Å². The maximum Gasteiger partial charge on any atom is 0.327 e. The van der Waals surface area contributed by atoms with Crippen molar-refractivity contribution in [2.45, 2.75) is 104 Å². The minimum Gasteiger partial charge on any atom is -0.298 e. The van der Waals surface area contributed by atoms with Crippen LogP contribution < -0.4 is 10.2 Å². The van der Waals surface area contributed by atoms with Gasteiger partial charge in [-0.05, 0) is 84.4 Å². The topological polar surface area (TPSA) is 47.9 Å². The molecular weight excluding hydrogens is 451 g/mol. The number of carbonyl (C=O) groups excluding carboxylic acids is 1. The second kappa shape index (κ2) is 14.3. The van der Waals surface area contributed by atoms with Crippen LogP contribution in [0.2, 0.25) is 0 Å². The standard InChI is InChI=1S/C30H45FN4O/c1-23(2)10-8-11-24(3)16-18-34-19-17-29(20-25(34)4)35(28-15-9-12-26(31)21-28)30(36)33-22-32-27-13-6-5-7-14-27/h9-10,12,15-16,21-22,25,27,29H,5-8,11,13-14,17-20H2,1-4H3,(H,32,33,36)/b24-16+/t25-,29+/m0/s1. The average molecular weight is 497 g/mol. The maximum atomic E-state index is 14.1. The Labute approximate surface area is 217 Å². The lowest BCUT2D eigenvalue weighted by atomic mass is 9.96. The Kier molecular flexibility index (Phi) is 11.2. The molecule has 1 saturated heterocycles. The Morgan fingerprint density at radius 1 is 1.17 bits per heavy atom. The number of nitrogens with one attached hydrogen (secondary N) is 1. The number of piperidine rings is 1. The Morgan fingerprint density at radius 3 is 2.64 bits per heavy atom. The van der Waals surface area contributed by atoms with Gasteiger partial charge in [-0.3, -0.25) is 20.1 Å². The molecule has 0 radical (unpaired) electrons. The molecule has 1 aliphatic carbocycles. The predicted octanol–water partition coefficient (Wildman–Crippen LogP) is 7.25. The number of carbonyl (C=O) groups is 1. The van der Waals surface area contributed by atoms with Gasteiger partial charge < -0.3 is 0 Å². The minimum absolute atomic E-state index is 0.00359. The minimum atomic E-state index is -0.333. The van der Waals surface area contributed by atoms with Gasteiger partial charge in [0.05, 0.1) is 12.4 Å². The summed E-state index contributed by atoms with van der Waals surface area (Å²) in [6.45, 7) is 10.5. The number of urea groups is 1. The molecule has 1 N–H and O–H groups in total. The van der Waals surface area contributed by atoms with E-state index in [-0.39, 0.29) is 17.9 Å². The molecule has 0 aromatic heterocycles. The fraction of sp³-hybridized carbons (Fsp3) is 0.600. The number of likely N-dealkylation sites (tertiary alicyclic amines) is 1. The molecule has 0 unspecified atom stereocenters. The summed E-state index contributed by atoms with van der Waals surface area (Å²) in [6, 6.07) is 6.74. The smallest absolute Gasteiger partial charge is 0.298 e. The van der Waals surface area contributed by atoms with Crippen LogP contribution in [0.15, 0.2) is 52.6 Å². The van der Waals surface area contributed by atoms with Crippen molar-refractivity contribution in [1.29, 1.82) is 0 Å². The number of allylic oxidation sites excluding steroid dienone is 3. The van der Waals surface area contributed by atoms with Crippen molar-refractivity contribution in [3.8, 4) is 0 Å². The number of aliphatic imine (C=N–C) groups is 1. The highest BCUT2D eigenvalue weighted by molar-refractivity contribution is 5.98. The first-order chi connectivity index (χ1) is 17.3. The second-order valence-electron chi connectivity index (χ2n) is 10.8. The van der Waals surface area contributed by atoms with Crippen LogP contribution in [0, 0.1) is 5.82 Å². The molecule has 36 heavy (non-hydrogen) atoms. The number of rotatable bonds is 9. The number of halogens is 1. The van der Waals surface area contributed by atoms with Gasteiger partial charge in [0.2, 0.25) is 0 Å². The number of hydrogen-bond acceptors (Lipinski definition) is 3. The van der Waals surface area contributed by atoms with E-state index < -0.39 is 0 Å². The Morgan fingerprint density at radius 2 is 1.94 bits per heavy atom. The summed E-state index contributed by atoms with van der Waals surface area (Å²) < 4.78 is 14.1. The summed E-state index contributed by atoms with van der Waals surface area (Å²) in [5.41, 5.74) is 3.38. The first-order valence-electron chi connectivity index (χ1n) is 13.7. The number of nitrogens with zero attached hydrogens (tertiary/aromatic N) is 3. The van der Waals surface area contributed by atoms with E-state index in [1.807, 2.05) is 6.07 Å². The van der Waals surface area contributed by atoms with E-state index in [1.54, 1.807) is 17.3 Å². The maximum absolute atomic E-state index is 14.1. The molecule has 2 amide bonds. The third-order valence-electron chi connectivity index (χ3n) is 7.47. The molecule has 0 bridgehead atoms. The Balaban J connectivity index is 1.63. The zero-order valence-corrected chi connectivity index (χ0v) is 22.7. The van der Waals surface area contributed by atoms with Crippen molar-refractivity contribution in [3.05, 3.63) is 53.4 Å². The third kappa shape index (κ3) is 8.88. The summed E-state index contributed by atoms with van der Waals surface area (Å²) >= 11 is 0. The van der Waals surface area contributed by atoms with Crippen molar-refractivity contribution in [1.82, 2.24) is 10.2 Å². The highest BCUT2D eigenvalue weighted by Gasteiger charge is 2.32.